The normalized spacial score (nSPS) is 11.0. The lowest BCUT2D eigenvalue weighted by atomic mass is 10.1. The van der Waals surface area contributed by atoms with E-state index in [1.165, 1.54) is 7.05 Å². The van der Waals surface area contributed by atoms with Crippen molar-refractivity contribution in [1.82, 2.24) is 10.6 Å². The molecule has 0 fully saturated rings. The molecule has 0 saturated heterocycles. The summed E-state index contributed by atoms with van der Waals surface area (Å²) in [7, 11) is 1.50. The van der Waals surface area contributed by atoms with E-state index in [9.17, 15) is 9.59 Å². The van der Waals surface area contributed by atoms with Gasteiger partial charge >= 0.3 is 0 Å². The van der Waals surface area contributed by atoms with Gasteiger partial charge in [0.25, 0.3) is 11.8 Å². The SMILES string of the molecule is CNC(=O)/C(=C/c1ccc(Cl)cc1)NC(=O)c1ccccc1Br. The van der Waals surface area contributed by atoms with E-state index in [2.05, 4.69) is 26.6 Å². The Kier molecular flexibility index (Phi) is 5.96. The Bertz CT molecular complexity index is 757. The number of hydrogen-bond donors (Lipinski definition) is 2. The van der Waals surface area contributed by atoms with Crippen molar-refractivity contribution in [1.29, 1.82) is 0 Å². The van der Waals surface area contributed by atoms with Gasteiger partial charge in [0.1, 0.15) is 5.70 Å². The Balaban J connectivity index is 2.29. The number of carbonyl (C=O) groups is 2. The van der Waals surface area contributed by atoms with E-state index in [0.29, 0.717) is 15.1 Å². The van der Waals surface area contributed by atoms with Crippen molar-refractivity contribution in [3.05, 3.63) is 74.9 Å². The molecule has 2 aromatic rings. The van der Waals surface area contributed by atoms with E-state index in [1.54, 1.807) is 48.5 Å². The molecule has 0 aliphatic carbocycles. The second-order valence-electron chi connectivity index (χ2n) is 4.62. The third kappa shape index (κ3) is 4.68. The van der Waals surface area contributed by atoms with Crippen LogP contribution in [0.5, 0.6) is 0 Å². The first-order valence-corrected chi connectivity index (χ1v) is 7.93. The Morgan fingerprint density at radius 1 is 1.09 bits per heavy atom. The van der Waals surface area contributed by atoms with Crippen LogP contribution in [0.2, 0.25) is 5.02 Å². The van der Waals surface area contributed by atoms with Gasteiger partial charge in [0.05, 0.1) is 5.56 Å². The third-order valence-electron chi connectivity index (χ3n) is 3.02. The molecule has 2 amide bonds. The predicted octanol–water partition coefficient (Wildman–Crippen LogP) is 3.62. The molecule has 2 rings (SSSR count). The topological polar surface area (TPSA) is 58.2 Å². The van der Waals surface area contributed by atoms with Gasteiger partial charge in [0.15, 0.2) is 0 Å². The summed E-state index contributed by atoms with van der Waals surface area (Å²) in [5, 5.41) is 5.74. The number of benzene rings is 2. The van der Waals surface area contributed by atoms with Crippen molar-refractivity contribution in [3.63, 3.8) is 0 Å². The van der Waals surface area contributed by atoms with Gasteiger partial charge in [-0.2, -0.15) is 0 Å². The molecule has 0 radical (unpaired) electrons. The van der Waals surface area contributed by atoms with Crippen LogP contribution >= 0.6 is 27.5 Å². The largest absolute Gasteiger partial charge is 0.354 e. The third-order valence-corrected chi connectivity index (χ3v) is 3.96. The maximum absolute atomic E-state index is 12.4. The maximum atomic E-state index is 12.4. The Morgan fingerprint density at radius 2 is 1.74 bits per heavy atom. The standard InChI is InChI=1S/C17H14BrClN2O2/c1-20-17(23)15(10-11-6-8-12(19)9-7-11)21-16(22)13-4-2-3-5-14(13)18/h2-10H,1H3,(H,20,23)(H,21,22)/b15-10-. The Morgan fingerprint density at radius 3 is 2.35 bits per heavy atom. The summed E-state index contributed by atoms with van der Waals surface area (Å²) in [6, 6.07) is 13.9. The molecule has 0 saturated carbocycles. The molecule has 0 aliphatic heterocycles. The highest BCUT2D eigenvalue weighted by molar-refractivity contribution is 9.10. The van der Waals surface area contributed by atoms with Crippen LogP contribution in [0, 0.1) is 0 Å². The van der Waals surface area contributed by atoms with Crippen LogP contribution < -0.4 is 10.6 Å². The molecule has 0 aliphatic rings. The summed E-state index contributed by atoms with van der Waals surface area (Å²) >= 11 is 9.17. The summed E-state index contributed by atoms with van der Waals surface area (Å²) in [6.45, 7) is 0. The molecule has 2 N–H and O–H groups in total. The van der Waals surface area contributed by atoms with Gasteiger partial charge < -0.3 is 10.6 Å². The van der Waals surface area contributed by atoms with E-state index in [0.717, 1.165) is 5.56 Å². The fourth-order valence-electron chi connectivity index (χ4n) is 1.85. The van der Waals surface area contributed by atoms with Gasteiger partial charge in [-0.25, -0.2) is 0 Å². The second-order valence-corrected chi connectivity index (χ2v) is 5.91. The average Bonchev–Trinajstić information content (AvgIpc) is 2.55. The Hall–Kier alpha value is -2.11. The van der Waals surface area contributed by atoms with Crippen molar-refractivity contribution in [2.75, 3.05) is 7.05 Å². The lowest BCUT2D eigenvalue weighted by Gasteiger charge is -2.10. The molecule has 0 atom stereocenters. The molecular weight excluding hydrogens is 380 g/mol. The van der Waals surface area contributed by atoms with Gasteiger partial charge in [-0.05, 0) is 51.8 Å². The number of halogens is 2. The van der Waals surface area contributed by atoms with Gasteiger partial charge in [0, 0.05) is 16.5 Å². The van der Waals surface area contributed by atoms with Gasteiger partial charge in [-0.1, -0.05) is 35.9 Å². The number of hydrogen-bond acceptors (Lipinski definition) is 2. The van der Waals surface area contributed by atoms with Crippen LogP contribution in [0.25, 0.3) is 6.08 Å². The first kappa shape index (κ1) is 17.2. The van der Waals surface area contributed by atoms with Crippen molar-refractivity contribution >= 4 is 45.4 Å². The van der Waals surface area contributed by atoms with Crippen molar-refractivity contribution in [3.8, 4) is 0 Å². The highest BCUT2D eigenvalue weighted by atomic mass is 79.9. The van der Waals surface area contributed by atoms with E-state index in [4.69, 9.17) is 11.6 Å². The number of carbonyl (C=O) groups excluding carboxylic acids is 2. The minimum Gasteiger partial charge on any atom is -0.354 e. The van der Waals surface area contributed by atoms with Crippen LogP contribution in [-0.4, -0.2) is 18.9 Å². The predicted molar refractivity (Wildman–Crippen MR) is 95.1 cm³/mol. The fourth-order valence-corrected chi connectivity index (χ4v) is 2.44. The first-order chi connectivity index (χ1) is 11.0. The minimum atomic E-state index is -0.389. The van der Waals surface area contributed by atoms with Crippen LogP contribution in [0.4, 0.5) is 0 Å². The molecule has 0 heterocycles. The van der Waals surface area contributed by atoms with Crippen LogP contribution in [0.1, 0.15) is 15.9 Å². The maximum Gasteiger partial charge on any atom is 0.267 e. The Labute approximate surface area is 147 Å². The minimum absolute atomic E-state index is 0.149. The summed E-state index contributed by atoms with van der Waals surface area (Å²) in [4.78, 5) is 24.4. The van der Waals surface area contributed by atoms with Crippen molar-refractivity contribution in [2.45, 2.75) is 0 Å². The van der Waals surface area contributed by atoms with Crippen LogP contribution in [-0.2, 0) is 4.79 Å². The first-order valence-electron chi connectivity index (χ1n) is 6.76. The van der Waals surface area contributed by atoms with E-state index >= 15 is 0 Å². The molecule has 2 aromatic carbocycles. The quantitative estimate of drug-likeness (QED) is 0.780. The lowest BCUT2D eigenvalue weighted by Crippen LogP contribution is -2.33. The van der Waals surface area contributed by atoms with Gasteiger partial charge in [0.2, 0.25) is 0 Å². The van der Waals surface area contributed by atoms with E-state index < -0.39 is 0 Å². The average molecular weight is 394 g/mol. The molecule has 6 heteroatoms. The van der Waals surface area contributed by atoms with Crippen LogP contribution in [0.15, 0.2) is 58.7 Å². The fraction of sp³-hybridized carbons (Fsp3) is 0.0588. The van der Waals surface area contributed by atoms with E-state index in [-0.39, 0.29) is 17.5 Å². The molecule has 0 unspecified atom stereocenters. The summed E-state index contributed by atoms with van der Waals surface area (Å²) in [5.41, 5.74) is 1.34. The van der Waals surface area contributed by atoms with Gasteiger partial charge in [-0.3, -0.25) is 9.59 Å². The number of likely N-dealkylation sites (N-methyl/N-ethyl adjacent to an activating group) is 1. The summed E-state index contributed by atoms with van der Waals surface area (Å²) < 4.78 is 0.653. The summed E-state index contributed by atoms with van der Waals surface area (Å²) in [5.74, 6) is -0.762. The molecule has 118 valence electrons. The molecule has 0 aromatic heterocycles. The number of rotatable bonds is 4. The molecule has 0 spiro atoms. The molecule has 23 heavy (non-hydrogen) atoms. The zero-order valence-corrected chi connectivity index (χ0v) is 14.6. The highest BCUT2D eigenvalue weighted by Gasteiger charge is 2.15. The zero-order chi connectivity index (χ0) is 16.8. The highest BCUT2D eigenvalue weighted by Crippen LogP contribution is 2.17. The second kappa shape index (κ2) is 7.94. The lowest BCUT2D eigenvalue weighted by molar-refractivity contribution is -0.117. The van der Waals surface area contributed by atoms with Crippen LogP contribution in [0.3, 0.4) is 0 Å². The molecule has 4 nitrogen and oxygen atoms in total. The summed E-state index contributed by atoms with van der Waals surface area (Å²) in [6.07, 6.45) is 1.59. The molecule has 0 bridgehead atoms. The van der Waals surface area contributed by atoms with E-state index in [1.807, 2.05) is 6.07 Å². The monoisotopic (exact) mass is 392 g/mol. The van der Waals surface area contributed by atoms with Crippen molar-refractivity contribution in [2.24, 2.45) is 0 Å². The zero-order valence-electron chi connectivity index (χ0n) is 12.3. The smallest absolute Gasteiger partial charge is 0.267 e. The molecular formula is C17H14BrClN2O2. The van der Waals surface area contributed by atoms with Gasteiger partial charge in [-0.15, -0.1) is 0 Å². The van der Waals surface area contributed by atoms with Crippen molar-refractivity contribution < 1.29 is 9.59 Å². The number of nitrogens with one attached hydrogen (secondary N) is 2. The number of amides is 2.